The van der Waals surface area contributed by atoms with Crippen LogP contribution < -0.4 is 6.03 Å². The fraction of sp³-hybridized carbons (Fsp3) is 0.600. The van der Waals surface area contributed by atoms with E-state index in [1.54, 1.807) is 0 Å². The van der Waals surface area contributed by atoms with E-state index in [1.807, 2.05) is 6.03 Å². The van der Waals surface area contributed by atoms with Crippen LogP contribution in [-0.2, 0) is 0 Å². The van der Waals surface area contributed by atoms with Crippen molar-refractivity contribution in [2.45, 2.75) is 29.6 Å². The van der Waals surface area contributed by atoms with Crippen LogP contribution in [0.4, 0.5) is 0 Å². The van der Waals surface area contributed by atoms with Crippen molar-refractivity contribution in [2.75, 3.05) is 0 Å². The van der Waals surface area contributed by atoms with Crippen LogP contribution in [-0.4, -0.2) is 51.3 Å². The van der Waals surface area contributed by atoms with Crippen LogP contribution >= 0.6 is 0 Å². The van der Waals surface area contributed by atoms with E-state index < -0.39 is 36.8 Å². The summed E-state index contributed by atoms with van der Waals surface area (Å²) < 4.78 is 3.85. The third-order valence-corrected chi connectivity index (χ3v) is 27.7. The summed E-state index contributed by atoms with van der Waals surface area (Å²) >= 11 is -2.73. The van der Waals surface area contributed by atoms with Crippen molar-refractivity contribution in [3.05, 3.63) is 11.0 Å². The number of hydrogen-bond acceptors (Lipinski definition) is 0. The van der Waals surface area contributed by atoms with Gasteiger partial charge in [0.15, 0.2) is 0 Å². The average Bonchev–Trinajstić information content (AvgIpc) is 2.27. The van der Waals surface area contributed by atoms with E-state index in [-0.39, 0.29) is 0 Å². The third kappa shape index (κ3) is 3.28. The summed E-state index contributed by atoms with van der Waals surface area (Å²) in [5.74, 6) is 0. The first-order valence-electron chi connectivity index (χ1n) is 4.81. The molecule has 0 aromatic carbocycles. The van der Waals surface area contributed by atoms with E-state index in [0.717, 1.165) is 14.5 Å². The second-order valence-electron chi connectivity index (χ2n) is 5.66. The molecule has 0 aliphatic carbocycles. The fourth-order valence-corrected chi connectivity index (χ4v) is 36.1. The van der Waals surface area contributed by atoms with Gasteiger partial charge in [0.1, 0.15) is 0 Å². The van der Waals surface area contributed by atoms with Gasteiger partial charge in [-0.15, -0.1) is 0 Å². The molecule has 1 heterocycles. The zero-order valence-electron chi connectivity index (χ0n) is 9.56. The zero-order valence-corrected chi connectivity index (χ0v) is 17.0. The first-order valence-corrected chi connectivity index (χ1v) is 26.6. The van der Waals surface area contributed by atoms with Gasteiger partial charge >= 0.3 is 97.9 Å². The normalized spacial score (nSPS) is 13.4. The molecule has 3 heteroatoms. The summed E-state index contributed by atoms with van der Waals surface area (Å²) in [4.78, 5) is 17.8. The molecule has 0 spiro atoms. The van der Waals surface area contributed by atoms with Crippen molar-refractivity contribution in [1.29, 1.82) is 0 Å². The Morgan fingerprint density at radius 1 is 0.923 bits per heavy atom. The Hall–Kier alpha value is 1.60. The Kier molecular flexibility index (Phi) is 4.12. The van der Waals surface area contributed by atoms with Gasteiger partial charge in [-0.1, -0.05) is 0 Å². The second kappa shape index (κ2) is 4.23. The summed E-state index contributed by atoms with van der Waals surface area (Å²) in [5.41, 5.74) is 0. The predicted molar refractivity (Wildman–Crippen MR) is 69.3 cm³/mol. The third-order valence-electron chi connectivity index (χ3n) is 2.15. The van der Waals surface area contributed by atoms with Crippen LogP contribution in [0.15, 0.2) is 11.0 Å². The number of rotatable bonds is 2. The summed E-state index contributed by atoms with van der Waals surface area (Å²) in [6, 6.07) is 2.48. The molecule has 0 radical (unpaired) electrons. The molecule has 0 saturated carbocycles. The molecular formula is C10H20SeSn2. The summed E-state index contributed by atoms with van der Waals surface area (Å²) in [6.07, 6.45) is 0. The van der Waals surface area contributed by atoms with Crippen molar-refractivity contribution < 1.29 is 0 Å². The van der Waals surface area contributed by atoms with Crippen molar-refractivity contribution in [1.82, 2.24) is 0 Å². The minimum absolute atomic E-state index is 0.744. The zero-order chi connectivity index (χ0) is 10.3. The molecule has 0 amide bonds. The first kappa shape index (κ1) is 12.7. The van der Waals surface area contributed by atoms with Crippen molar-refractivity contribution in [2.24, 2.45) is 0 Å². The molecule has 1 aromatic rings. The maximum atomic E-state index is 2.57. The molecule has 0 N–H and O–H groups in total. The Bertz CT molecular complexity index is 260. The standard InChI is InChI=1S/C4H2Se.6CH3.2Sn/c1-2-4-5-3-1;;;;;;;;/h1,3H;6*1H3;;. The van der Waals surface area contributed by atoms with E-state index in [0.29, 0.717) is 0 Å². The predicted octanol–water partition coefficient (Wildman–Crippen LogP) is 1.83. The van der Waals surface area contributed by atoms with E-state index in [4.69, 9.17) is 0 Å². The quantitative estimate of drug-likeness (QED) is 0.596. The maximum absolute atomic E-state index is 2.57. The molecule has 13 heavy (non-hydrogen) atoms. The van der Waals surface area contributed by atoms with E-state index in [1.165, 1.54) is 0 Å². The Morgan fingerprint density at radius 3 is 1.77 bits per heavy atom. The van der Waals surface area contributed by atoms with Gasteiger partial charge in [0.2, 0.25) is 0 Å². The van der Waals surface area contributed by atoms with Crippen LogP contribution in [0.25, 0.3) is 0 Å². The van der Waals surface area contributed by atoms with Crippen LogP contribution in [0.2, 0.25) is 29.6 Å². The topological polar surface area (TPSA) is 0 Å². The van der Waals surface area contributed by atoms with Crippen molar-refractivity contribution >= 4 is 57.3 Å². The van der Waals surface area contributed by atoms with Gasteiger partial charge in [0.05, 0.1) is 0 Å². The van der Waals surface area contributed by atoms with Crippen LogP contribution in [0.3, 0.4) is 0 Å². The summed E-state index contributed by atoms with van der Waals surface area (Å²) in [7, 11) is 0. The molecule has 0 bridgehead atoms. The molecule has 0 unspecified atom stereocenters. The molecule has 0 saturated heterocycles. The van der Waals surface area contributed by atoms with Gasteiger partial charge in [-0.3, -0.25) is 0 Å². The Balaban J connectivity index is 3.19. The Morgan fingerprint density at radius 2 is 1.46 bits per heavy atom. The Labute approximate surface area is 96.6 Å². The average molecular weight is 457 g/mol. The van der Waals surface area contributed by atoms with Gasteiger partial charge in [-0.05, 0) is 0 Å². The first-order chi connectivity index (χ1) is 5.73. The molecule has 74 valence electrons. The molecule has 0 fully saturated rings. The van der Waals surface area contributed by atoms with Crippen LogP contribution in [0, 0.1) is 0 Å². The number of hydrogen-bond donors (Lipinski definition) is 0. The van der Waals surface area contributed by atoms with Gasteiger partial charge in [-0.2, -0.15) is 0 Å². The fourth-order valence-electron chi connectivity index (χ4n) is 1.48. The SMILES string of the molecule is [CH3][Sn]([CH3])([CH3])[c]1cc[se][c]1[Sn]([CH3])([CH3])[CH3]. The van der Waals surface area contributed by atoms with Gasteiger partial charge in [0.25, 0.3) is 0 Å². The van der Waals surface area contributed by atoms with Crippen LogP contribution in [0.1, 0.15) is 0 Å². The molecule has 1 rings (SSSR count). The molecule has 0 aliphatic rings. The van der Waals surface area contributed by atoms with Crippen molar-refractivity contribution in [3.8, 4) is 0 Å². The monoisotopic (exact) mass is 460 g/mol. The summed E-state index contributed by atoms with van der Waals surface area (Å²) in [5, 5.41) is 0. The van der Waals surface area contributed by atoms with Crippen molar-refractivity contribution in [3.63, 3.8) is 0 Å². The van der Waals surface area contributed by atoms with Gasteiger partial charge in [-0.25, -0.2) is 0 Å². The van der Waals surface area contributed by atoms with Gasteiger partial charge < -0.3 is 0 Å². The van der Waals surface area contributed by atoms with E-state index >= 15 is 0 Å². The van der Waals surface area contributed by atoms with E-state index in [9.17, 15) is 0 Å². The van der Waals surface area contributed by atoms with E-state index in [2.05, 4.69) is 40.6 Å². The molecule has 0 nitrogen and oxygen atoms in total. The molecule has 0 aliphatic heterocycles. The molecule has 1 aromatic heterocycles. The van der Waals surface area contributed by atoms with Crippen LogP contribution in [0.5, 0.6) is 0 Å². The summed E-state index contributed by atoms with van der Waals surface area (Å²) in [6.45, 7) is 0. The molecule has 0 atom stereocenters. The van der Waals surface area contributed by atoms with Gasteiger partial charge in [0, 0.05) is 0 Å². The second-order valence-corrected chi connectivity index (χ2v) is 38.6. The minimum atomic E-state index is -1.76. The molecular weight excluding hydrogens is 436 g/mol.